The predicted molar refractivity (Wildman–Crippen MR) is 100 cm³/mol. The van der Waals surface area contributed by atoms with Gasteiger partial charge in [0.2, 0.25) is 5.91 Å². The molecule has 3 rings (SSSR count). The van der Waals surface area contributed by atoms with Crippen molar-refractivity contribution in [2.24, 2.45) is 0 Å². The average Bonchev–Trinajstić information content (AvgIpc) is 3.26. The molecule has 1 amide bonds. The summed E-state index contributed by atoms with van der Waals surface area (Å²) >= 11 is 1.22. The number of nitrogens with zero attached hydrogens (tertiary/aromatic N) is 2. The largest absolute Gasteiger partial charge is 0.325 e. The summed E-state index contributed by atoms with van der Waals surface area (Å²) in [4.78, 5) is 13.6. The zero-order valence-electron chi connectivity index (χ0n) is 14.3. The Hall–Kier alpha value is -2.21. The molecule has 1 saturated heterocycles. The van der Waals surface area contributed by atoms with Crippen LogP contribution < -0.4 is 5.32 Å². The van der Waals surface area contributed by atoms with E-state index in [9.17, 15) is 13.2 Å². The van der Waals surface area contributed by atoms with Gasteiger partial charge in [-0.2, -0.15) is 9.57 Å². The Bertz CT molecular complexity index is 943. The van der Waals surface area contributed by atoms with Crippen LogP contribution >= 0.6 is 11.3 Å². The molecular weight excluding hydrogens is 370 g/mol. The van der Waals surface area contributed by atoms with Crippen LogP contribution in [0.3, 0.4) is 0 Å². The Morgan fingerprint density at radius 2 is 2.04 bits per heavy atom. The van der Waals surface area contributed by atoms with Crippen LogP contribution in [-0.2, 0) is 21.2 Å². The van der Waals surface area contributed by atoms with Crippen molar-refractivity contribution in [2.75, 3.05) is 11.9 Å². The Morgan fingerprint density at radius 1 is 1.31 bits per heavy atom. The topological polar surface area (TPSA) is 90.3 Å². The lowest BCUT2D eigenvalue weighted by Gasteiger charge is -2.22. The maximum atomic E-state index is 12.9. The van der Waals surface area contributed by atoms with Gasteiger partial charge in [-0.25, -0.2) is 8.42 Å². The highest BCUT2D eigenvalue weighted by Gasteiger charge is 2.40. The second-order valence-corrected chi connectivity index (χ2v) is 9.57. The van der Waals surface area contributed by atoms with Crippen LogP contribution in [0.15, 0.2) is 40.6 Å². The summed E-state index contributed by atoms with van der Waals surface area (Å²) in [6, 6.07) is 11.7. The summed E-state index contributed by atoms with van der Waals surface area (Å²) in [6.45, 7) is 2.20. The third kappa shape index (κ3) is 3.80. The Labute approximate surface area is 157 Å². The first-order valence-electron chi connectivity index (χ1n) is 8.27. The average molecular weight is 390 g/mol. The molecule has 2 aromatic rings. The van der Waals surface area contributed by atoms with Crippen molar-refractivity contribution in [1.29, 1.82) is 5.26 Å². The molecular formula is C18H19N3O3S2. The minimum Gasteiger partial charge on any atom is -0.325 e. The molecule has 1 fully saturated rings. The monoisotopic (exact) mass is 389 g/mol. The number of anilines is 1. The second-order valence-electron chi connectivity index (χ2n) is 6.16. The van der Waals surface area contributed by atoms with E-state index in [1.807, 2.05) is 6.92 Å². The standard InChI is InChI=1S/C18H19N3O3S2/c1-13-4-9-17(25-13)26(23,24)21-12-2-3-16(21)18(22)20-15-7-5-14(6-8-15)10-11-19/h4-9,16H,2-3,10,12H2,1H3,(H,20,22). The van der Waals surface area contributed by atoms with Crippen molar-refractivity contribution in [3.63, 3.8) is 0 Å². The van der Waals surface area contributed by atoms with E-state index in [1.165, 1.54) is 15.6 Å². The first-order chi connectivity index (χ1) is 12.4. The van der Waals surface area contributed by atoms with Crippen LogP contribution in [0.4, 0.5) is 5.69 Å². The van der Waals surface area contributed by atoms with Gasteiger partial charge in [0, 0.05) is 17.1 Å². The minimum absolute atomic E-state index is 0.274. The second kappa shape index (κ2) is 7.58. The van der Waals surface area contributed by atoms with Crippen molar-refractivity contribution in [3.8, 4) is 6.07 Å². The SMILES string of the molecule is Cc1ccc(S(=O)(=O)N2CCCC2C(=O)Nc2ccc(CC#N)cc2)s1. The summed E-state index contributed by atoms with van der Waals surface area (Å²) < 4.78 is 27.3. The molecule has 26 heavy (non-hydrogen) atoms. The Balaban J connectivity index is 1.75. The molecule has 0 radical (unpaired) electrons. The molecule has 2 heterocycles. The number of aryl methyl sites for hydroxylation is 1. The third-order valence-electron chi connectivity index (χ3n) is 4.29. The number of amides is 1. The molecule has 1 aromatic heterocycles. The van der Waals surface area contributed by atoms with Crippen LogP contribution in [0, 0.1) is 18.3 Å². The molecule has 0 saturated carbocycles. The first kappa shape index (κ1) is 18.6. The summed E-state index contributed by atoms with van der Waals surface area (Å²) in [6.07, 6.45) is 1.47. The molecule has 1 aliphatic rings. The fourth-order valence-corrected chi connectivity index (χ4v) is 6.05. The van der Waals surface area contributed by atoms with Gasteiger partial charge in [-0.15, -0.1) is 11.3 Å². The number of carbonyl (C=O) groups excluding carboxylic acids is 1. The van der Waals surface area contributed by atoms with E-state index in [-0.39, 0.29) is 10.1 Å². The van der Waals surface area contributed by atoms with E-state index in [2.05, 4.69) is 11.4 Å². The molecule has 1 unspecified atom stereocenters. The van der Waals surface area contributed by atoms with Gasteiger partial charge in [-0.1, -0.05) is 12.1 Å². The van der Waals surface area contributed by atoms with Crippen LogP contribution in [0.25, 0.3) is 0 Å². The number of hydrogen-bond donors (Lipinski definition) is 1. The quantitative estimate of drug-likeness (QED) is 0.851. The van der Waals surface area contributed by atoms with Gasteiger partial charge in [0.25, 0.3) is 10.0 Å². The smallest absolute Gasteiger partial charge is 0.253 e. The van der Waals surface area contributed by atoms with Crippen LogP contribution in [0.2, 0.25) is 0 Å². The van der Waals surface area contributed by atoms with Crippen molar-refractivity contribution in [2.45, 2.75) is 36.4 Å². The van der Waals surface area contributed by atoms with E-state index in [4.69, 9.17) is 5.26 Å². The highest BCUT2D eigenvalue weighted by atomic mass is 32.2. The van der Waals surface area contributed by atoms with Gasteiger partial charge in [-0.05, 0) is 49.6 Å². The van der Waals surface area contributed by atoms with Crippen molar-refractivity contribution in [3.05, 3.63) is 46.8 Å². The van der Waals surface area contributed by atoms with Gasteiger partial charge in [0.15, 0.2) is 0 Å². The molecule has 1 atom stereocenters. The van der Waals surface area contributed by atoms with Crippen molar-refractivity contribution >= 4 is 33.0 Å². The number of benzene rings is 1. The number of carbonyl (C=O) groups is 1. The molecule has 0 bridgehead atoms. The molecule has 1 aromatic carbocycles. The summed E-state index contributed by atoms with van der Waals surface area (Å²) in [7, 11) is -3.66. The van der Waals surface area contributed by atoms with Gasteiger partial charge in [0.1, 0.15) is 10.3 Å². The third-order valence-corrected chi connectivity index (χ3v) is 7.67. The van der Waals surface area contributed by atoms with Gasteiger partial charge in [0.05, 0.1) is 12.5 Å². The fraction of sp³-hybridized carbons (Fsp3) is 0.333. The maximum absolute atomic E-state index is 12.9. The molecule has 6 nitrogen and oxygen atoms in total. The van der Waals surface area contributed by atoms with Gasteiger partial charge in [-0.3, -0.25) is 4.79 Å². The Kier molecular flexibility index (Phi) is 5.41. The highest BCUT2D eigenvalue weighted by Crippen LogP contribution is 2.30. The lowest BCUT2D eigenvalue weighted by molar-refractivity contribution is -0.119. The van der Waals surface area contributed by atoms with E-state index in [0.717, 1.165) is 10.4 Å². The number of nitrogens with one attached hydrogen (secondary N) is 1. The molecule has 0 aliphatic carbocycles. The lowest BCUT2D eigenvalue weighted by atomic mass is 10.1. The first-order valence-corrected chi connectivity index (χ1v) is 10.5. The predicted octanol–water partition coefficient (Wildman–Crippen LogP) is 2.91. The molecule has 136 valence electrons. The van der Waals surface area contributed by atoms with Crippen molar-refractivity contribution < 1.29 is 13.2 Å². The summed E-state index contributed by atoms with van der Waals surface area (Å²) in [5.74, 6) is -0.326. The highest BCUT2D eigenvalue weighted by molar-refractivity contribution is 7.91. The number of sulfonamides is 1. The van der Waals surface area contributed by atoms with Crippen LogP contribution in [0.1, 0.15) is 23.3 Å². The molecule has 1 N–H and O–H groups in total. The zero-order chi connectivity index (χ0) is 18.7. The summed E-state index contributed by atoms with van der Waals surface area (Å²) in [5, 5.41) is 11.5. The van der Waals surface area contributed by atoms with Crippen molar-refractivity contribution in [1.82, 2.24) is 4.31 Å². The van der Waals surface area contributed by atoms with E-state index in [1.54, 1.807) is 36.4 Å². The van der Waals surface area contributed by atoms with E-state index >= 15 is 0 Å². The summed E-state index contributed by atoms with van der Waals surface area (Å²) in [5.41, 5.74) is 1.46. The molecule has 8 heteroatoms. The number of rotatable bonds is 5. The maximum Gasteiger partial charge on any atom is 0.253 e. The number of hydrogen-bond acceptors (Lipinski definition) is 5. The number of nitriles is 1. The normalized spacial score (nSPS) is 17.8. The molecule has 1 aliphatic heterocycles. The number of thiophene rings is 1. The lowest BCUT2D eigenvalue weighted by Crippen LogP contribution is -2.42. The van der Waals surface area contributed by atoms with Gasteiger partial charge >= 0.3 is 0 Å². The van der Waals surface area contributed by atoms with E-state index in [0.29, 0.717) is 31.5 Å². The van der Waals surface area contributed by atoms with E-state index < -0.39 is 16.1 Å². The fourth-order valence-electron chi connectivity index (χ4n) is 2.98. The van der Waals surface area contributed by atoms with Crippen LogP contribution in [0.5, 0.6) is 0 Å². The van der Waals surface area contributed by atoms with Crippen LogP contribution in [-0.4, -0.2) is 31.2 Å². The Morgan fingerprint density at radius 3 is 2.65 bits per heavy atom. The van der Waals surface area contributed by atoms with Gasteiger partial charge < -0.3 is 5.32 Å². The molecule has 0 spiro atoms. The zero-order valence-corrected chi connectivity index (χ0v) is 15.9. The minimum atomic E-state index is -3.66.